The number of hydrogen-bond donors (Lipinski definition) is 1. The zero-order valence-corrected chi connectivity index (χ0v) is 12.0. The molecule has 3 nitrogen and oxygen atoms in total. The molecule has 0 aromatic heterocycles. The molecule has 1 atom stereocenters. The summed E-state index contributed by atoms with van der Waals surface area (Å²) < 4.78 is 35.5. The molecule has 0 amide bonds. The number of aryl methyl sites for hydroxylation is 1. The van der Waals surface area contributed by atoms with Crippen LogP contribution < -0.4 is 5.73 Å². The first-order valence-corrected chi connectivity index (χ1v) is 7.65. The van der Waals surface area contributed by atoms with Crippen molar-refractivity contribution < 1.29 is 12.8 Å². The monoisotopic (exact) mass is 273 g/mol. The molecule has 0 aliphatic carbocycles. The van der Waals surface area contributed by atoms with Crippen LogP contribution in [0.15, 0.2) is 18.2 Å². The Bertz CT molecular complexity index is 538. The lowest BCUT2D eigenvalue weighted by atomic mass is 9.94. The second kappa shape index (κ2) is 4.97. The topological polar surface area (TPSA) is 60.2 Å². The third kappa shape index (κ3) is 3.09. The molecular formula is C13H20FNO2S. The second-order valence-corrected chi connectivity index (χ2v) is 7.85. The van der Waals surface area contributed by atoms with Gasteiger partial charge in [-0.05, 0) is 50.5 Å². The lowest BCUT2D eigenvalue weighted by Gasteiger charge is -2.30. The van der Waals surface area contributed by atoms with E-state index in [0.717, 1.165) is 11.1 Å². The van der Waals surface area contributed by atoms with Gasteiger partial charge in [-0.25, -0.2) is 12.8 Å². The molecule has 0 saturated heterocycles. The van der Waals surface area contributed by atoms with Crippen LogP contribution in [0.25, 0.3) is 0 Å². The minimum Gasteiger partial charge on any atom is -0.326 e. The van der Waals surface area contributed by atoms with E-state index in [4.69, 9.17) is 5.73 Å². The summed E-state index contributed by atoms with van der Waals surface area (Å²) >= 11 is 0. The van der Waals surface area contributed by atoms with Crippen LogP contribution in [0, 0.1) is 12.7 Å². The van der Waals surface area contributed by atoms with E-state index in [1.54, 1.807) is 19.9 Å². The van der Waals surface area contributed by atoms with E-state index in [1.165, 1.54) is 18.4 Å². The maximum atomic E-state index is 13.2. The molecular weight excluding hydrogens is 253 g/mol. The fraction of sp³-hybridized carbons (Fsp3) is 0.538. The minimum atomic E-state index is -3.26. The van der Waals surface area contributed by atoms with Gasteiger partial charge in [0.1, 0.15) is 5.82 Å². The predicted molar refractivity (Wildman–Crippen MR) is 71.7 cm³/mol. The van der Waals surface area contributed by atoms with Gasteiger partial charge in [0.2, 0.25) is 0 Å². The molecule has 5 heteroatoms. The third-order valence-corrected chi connectivity index (χ3v) is 5.81. The number of hydrogen-bond acceptors (Lipinski definition) is 3. The van der Waals surface area contributed by atoms with Crippen LogP contribution in [-0.2, 0) is 16.3 Å². The van der Waals surface area contributed by atoms with Crippen molar-refractivity contribution in [2.45, 2.75) is 38.0 Å². The fourth-order valence-electron chi connectivity index (χ4n) is 1.62. The molecule has 1 aromatic rings. The van der Waals surface area contributed by atoms with Gasteiger partial charge in [-0.2, -0.15) is 0 Å². The standard InChI is InChI=1S/C13H20FNO2S/c1-9-5-6-11(14)7-10(9)8-12(15)13(2,3)18(4,16)17/h5-7,12H,8,15H2,1-4H3. The van der Waals surface area contributed by atoms with E-state index in [1.807, 2.05) is 6.92 Å². The Balaban J connectivity index is 3.02. The Kier molecular flexibility index (Phi) is 4.18. The summed E-state index contributed by atoms with van der Waals surface area (Å²) in [5.74, 6) is -0.333. The molecule has 0 radical (unpaired) electrons. The maximum absolute atomic E-state index is 13.2. The number of rotatable bonds is 4. The highest BCUT2D eigenvalue weighted by Crippen LogP contribution is 2.23. The summed E-state index contributed by atoms with van der Waals surface area (Å²) in [6, 6.07) is 3.89. The van der Waals surface area contributed by atoms with Crippen LogP contribution >= 0.6 is 0 Å². The average molecular weight is 273 g/mol. The van der Waals surface area contributed by atoms with E-state index < -0.39 is 20.6 Å². The van der Waals surface area contributed by atoms with E-state index >= 15 is 0 Å². The largest absolute Gasteiger partial charge is 0.326 e. The lowest BCUT2D eigenvalue weighted by molar-refractivity contribution is 0.481. The highest BCUT2D eigenvalue weighted by molar-refractivity contribution is 7.92. The molecule has 1 rings (SSSR count). The summed E-state index contributed by atoms with van der Waals surface area (Å²) in [6.07, 6.45) is 1.51. The Morgan fingerprint density at radius 1 is 1.39 bits per heavy atom. The zero-order valence-electron chi connectivity index (χ0n) is 11.2. The Morgan fingerprint density at radius 2 is 1.94 bits per heavy atom. The van der Waals surface area contributed by atoms with Crippen LogP contribution in [0.3, 0.4) is 0 Å². The second-order valence-electron chi connectivity index (χ2n) is 5.26. The van der Waals surface area contributed by atoms with Gasteiger partial charge in [0.05, 0.1) is 4.75 Å². The van der Waals surface area contributed by atoms with E-state index in [9.17, 15) is 12.8 Å². The van der Waals surface area contributed by atoms with Gasteiger partial charge in [0.15, 0.2) is 9.84 Å². The van der Waals surface area contributed by atoms with Crippen molar-refractivity contribution in [3.05, 3.63) is 35.1 Å². The molecule has 2 N–H and O–H groups in total. The van der Waals surface area contributed by atoms with Crippen molar-refractivity contribution in [1.82, 2.24) is 0 Å². The molecule has 0 heterocycles. The van der Waals surface area contributed by atoms with Crippen molar-refractivity contribution in [2.75, 3.05) is 6.26 Å². The SMILES string of the molecule is Cc1ccc(F)cc1CC(N)C(C)(C)S(C)(=O)=O. The van der Waals surface area contributed by atoms with E-state index in [2.05, 4.69) is 0 Å². The van der Waals surface area contributed by atoms with Crippen LogP contribution in [0.2, 0.25) is 0 Å². The van der Waals surface area contributed by atoms with Gasteiger partial charge in [-0.3, -0.25) is 0 Å². The molecule has 0 bridgehead atoms. The molecule has 102 valence electrons. The molecule has 0 aliphatic rings. The number of benzene rings is 1. The summed E-state index contributed by atoms with van der Waals surface area (Å²) in [4.78, 5) is 0. The summed E-state index contributed by atoms with van der Waals surface area (Å²) in [5, 5.41) is 0. The van der Waals surface area contributed by atoms with Crippen molar-refractivity contribution in [3.8, 4) is 0 Å². The number of halogens is 1. The summed E-state index contributed by atoms with van der Waals surface area (Å²) in [6.45, 7) is 5.05. The van der Waals surface area contributed by atoms with Gasteiger partial charge in [-0.1, -0.05) is 6.07 Å². The first kappa shape index (κ1) is 15.1. The molecule has 0 fully saturated rings. The molecule has 0 spiro atoms. The number of sulfone groups is 1. The molecule has 1 aromatic carbocycles. The van der Waals surface area contributed by atoms with Crippen LogP contribution in [0.4, 0.5) is 4.39 Å². The Morgan fingerprint density at radius 3 is 2.44 bits per heavy atom. The first-order valence-electron chi connectivity index (χ1n) is 5.76. The van der Waals surface area contributed by atoms with Crippen molar-refractivity contribution in [1.29, 1.82) is 0 Å². The highest BCUT2D eigenvalue weighted by Gasteiger charge is 2.36. The van der Waals surface area contributed by atoms with Gasteiger partial charge in [-0.15, -0.1) is 0 Å². The molecule has 0 aliphatic heterocycles. The van der Waals surface area contributed by atoms with Crippen LogP contribution in [0.5, 0.6) is 0 Å². The van der Waals surface area contributed by atoms with Crippen molar-refractivity contribution >= 4 is 9.84 Å². The normalized spacial score (nSPS) is 14.6. The van der Waals surface area contributed by atoms with Gasteiger partial charge in [0.25, 0.3) is 0 Å². The van der Waals surface area contributed by atoms with Crippen molar-refractivity contribution in [2.24, 2.45) is 5.73 Å². The van der Waals surface area contributed by atoms with Crippen LogP contribution in [-0.4, -0.2) is 25.5 Å². The fourth-order valence-corrected chi connectivity index (χ4v) is 2.25. The Hall–Kier alpha value is -0.940. The first-order chi connectivity index (χ1) is 8.05. The average Bonchev–Trinajstić information content (AvgIpc) is 2.21. The van der Waals surface area contributed by atoms with E-state index in [-0.39, 0.29) is 5.82 Å². The van der Waals surface area contributed by atoms with Crippen molar-refractivity contribution in [3.63, 3.8) is 0 Å². The highest BCUT2D eigenvalue weighted by atomic mass is 32.2. The van der Waals surface area contributed by atoms with Gasteiger partial charge < -0.3 is 5.73 Å². The Labute approximate surface area is 108 Å². The van der Waals surface area contributed by atoms with E-state index in [0.29, 0.717) is 6.42 Å². The number of nitrogens with two attached hydrogens (primary N) is 1. The summed E-state index contributed by atoms with van der Waals surface area (Å²) in [5.41, 5.74) is 7.65. The zero-order chi connectivity index (χ0) is 14.1. The van der Waals surface area contributed by atoms with Gasteiger partial charge in [0, 0.05) is 12.3 Å². The quantitative estimate of drug-likeness (QED) is 0.910. The maximum Gasteiger partial charge on any atom is 0.154 e. The molecule has 1 unspecified atom stereocenters. The molecule has 18 heavy (non-hydrogen) atoms. The summed E-state index contributed by atoms with van der Waals surface area (Å²) in [7, 11) is -3.26. The smallest absolute Gasteiger partial charge is 0.154 e. The minimum absolute atomic E-state index is 0.333. The van der Waals surface area contributed by atoms with Crippen LogP contribution in [0.1, 0.15) is 25.0 Å². The predicted octanol–water partition coefficient (Wildman–Crippen LogP) is 1.83. The molecule has 0 saturated carbocycles. The lowest BCUT2D eigenvalue weighted by Crippen LogP contribution is -2.50. The third-order valence-electron chi connectivity index (χ3n) is 3.60. The van der Waals surface area contributed by atoms with Gasteiger partial charge >= 0.3 is 0 Å².